The lowest BCUT2D eigenvalue weighted by atomic mass is 9.96. The van der Waals surface area contributed by atoms with E-state index in [1.54, 1.807) is 0 Å². The van der Waals surface area contributed by atoms with Crippen molar-refractivity contribution in [3.63, 3.8) is 0 Å². The van der Waals surface area contributed by atoms with Crippen molar-refractivity contribution < 1.29 is 9.53 Å². The molecule has 0 bridgehead atoms. The second-order valence-electron chi connectivity index (χ2n) is 4.78. The summed E-state index contributed by atoms with van der Waals surface area (Å²) in [6.45, 7) is 3.22. The van der Waals surface area contributed by atoms with E-state index in [1.807, 2.05) is 37.3 Å². The summed E-state index contributed by atoms with van der Waals surface area (Å²) < 4.78 is 5.27. The van der Waals surface area contributed by atoms with Crippen LogP contribution >= 0.6 is 0 Å². The highest BCUT2D eigenvalue weighted by molar-refractivity contribution is 6.01. The first-order chi connectivity index (χ1) is 8.74. The molecule has 0 N–H and O–H groups in total. The van der Waals surface area contributed by atoms with E-state index in [0.29, 0.717) is 13.2 Å². The van der Waals surface area contributed by atoms with Crippen LogP contribution in [0.3, 0.4) is 0 Å². The summed E-state index contributed by atoms with van der Waals surface area (Å²) in [5.74, 6) is 0.218. The van der Waals surface area contributed by atoms with Gasteiger partial charge in [-0.2, -0.15) is 0 Å². The number of hydrogen-bond acceptors (Lipinski definition) is 3. The molecule has 92 valence electrons. The quantitative estimate of drug-likeness (QED) is 0.759. The molecule has 1 aromatic heterocycles. The van der Waals surface area contributed by atoms with Crippen LogP contribution in [0, 0.1) is 12.8 Å². The molecule has 3 nitrogen and oxygen atoms in total. The average Bonchev–Trinajstić information content (AvgIpc) is 2.91. The van der Waals surface area contributed by atoms with Crippen LogP contribution in [0.4, 0.5) is 0 Å². The minimum Gasteiger partial charge on any atom is -0.381 e. The molecule has 1 unspecified atom stereocenters. The fraction of sp³-hybridized carbons (Fsp3) is 0.333. The minimum atomic E-state index is 0.0286. The van der Waals surface area contributed by atoms with Crippen LogP contribution in [-0.4, -0.2) is 24.0 Å². The molecule has 1 fully saturated rings. The Morgan fingerprint density at radius 2 is 2.22 bits per heavy atom. The van der Waals surface area contributed by atoms with Gasteiger partial charge in [0.2, 0.25) is 0 Å². The van der Waals surface area contributed by atoms with Crippen LogP contribution in [0.1, 0.15) is 22.5 Å². The van der Waals surface area contributed by atoms with Crippen LogP contribution in [0.15, 0.2) is 30.3 Å². The maximum absolute atomic E-state index is 12.3. The lowest BCUT2D eigenvalue weighted by Crippen LogP contribution is -2.14. The molecule has 0 radical (unpaired) electrons. The number of fused-ring (bicyclic) bond motifs is 1. The van der Waals surface area contributed by atoms with Crippen molar-refractivity contribution in [3.05, 3.63) is 41.6 Å². The van der Waals surface area contributed by atoms with Gasteiger partial charge in [-0.05, 0) is 37.6 Å². The molecule has 1 aliphatic heterocycles. The zero-order valence-electron chi connectivity index (χ0n) is 10.3. The molecule has 3 rings (SSSR count). The molecular formula is C15H15NO2. The van der Waals surface area contributed by atoms with Gasteiger partial charge in [0, 0.05) is 29.2 Å². The van der Waals surface area contributed by atoms with Gasteiger partial charge in [0.1, 0.15) is 0 Å². The van der Waals surface area contributed by atoms with Crippen molar-refractivity contribution in [2.45, 2.75) is 13.3 Å². The van der Waals surface area contributed by atoms with Gasteiger partial charge >= 0.3 is 0 Å². The number of ketones is 1. The summed E-state index contributed by atoms with van der Waals surface area (Å²) in [6.07, 6.45) is 0.836. The summed E-state index contributed by atoms with van der Waals surface area (Å²) in [5.41, 5.74) is 2.70. The highest BCUT2D eigenvalue weighted by Crippen LogP contribution is 2.21. The SMILES string of the molecule is Cc1ccc2cc(C(=O)C3CCOC3)ccc2n1. The molecule has 1 saturated heterocycles. The second kappa shape index (κ2) is 4.50. The summed E-state index contributed by atoms with van der Waals surface area (Å²) in [7, 11) is 0. The summed E-state index contributed by atoms with van der Waals surface area (Å²) in [5, 5.41) is 1.02. The first-order valence-electron chi connectivity index (χ1n) is 6.23. The van der Waals surface area contributed by atoms with Crippen molar-refractivity contribution in [1.29, 1.82) is 0 Å². The lowest BCUT2D eigenvalue weighted by molar-refractivity contribution is 0.0900. The fourth-order valence-electron chi connectivity index (χ4n) is 2.36. The van der Waals surface area contributed by atoms with Crippen molar-refractivity contribution in [2.24, 2.45) is 5.92 Å². The van der Waals surface area contributed by atoms with Gasteiger partial charge in [-0.1, -0.05) is 6.07 Å². The number of carbonyl (C=O) groups is 1. The van der Waals surface area contributed by atoms with E-state index in [9.17, 15) is 4.79 Å². The first kappa shape index (κ1) is 11.4. The van der Waals surface area contributed by atoms with E-state index in [0.717, 1.165) is 28.6 Å². The number of ether oxygens (including phenoxy) is 1. The zero-order chi connectivity index (χ0) is 12.5. The van der Waals surface area contributed by atoms with E-state index in [4.69, 9.17) is 4.74 Å². The molecule has 0 spiro atoms. The molecule has 3 heteroatoms. The molecule has 0 amide bonds. The van der Waals surface area contributed by atoms with Gasteiger partial charge in [0.05, 0.1) is 12.1 Å². The number of benzene rings is 1. The Kier molecular flexibility index (Phi) is 2.84. The Morgan fingerprint density at radius 3 is 3.00 bits per heavy atom. The normalized spacial score (nSPS) is 19.3. The molecular weight excluding hydrogens is 226 g/mol. The Hall–Kier alpha value is -1.74. The van der Waals surface area contributed by atoms with Gasteiger partial charge in [0.25, 0.3) is 0 Å². The van der Waals surface area contributed by atoms with Crippen LogP contribution in [0.2, 0.25) is 0 Å². The Bertz CT molecular complexity index is 600. The summed E-state index contributed by atoms with van der Waals surface area (Å²) in [6, 6.07) is 9.71. The lowest BCUT2D eigenvalue weighted by Gasteiger charge is -2.07. The van der Waals surface area contributed by atoms with Gasteiger partial charge in [-0.3, -0.25) is 9.78 Å². The number of aromatic nitrogens is 1. The average molecular weight is 241 g/mol. The van der Waals surface area contributed by atoms with Gasteiger partial charge in [-0.25, -0.2) is 0 Å². The van der Waals surface area contributed by atoms with E-state index in [-0.39, 0.29) is 11.7 Å². The molecule has 0 aliphatic carbocycles. The number of Topliss-reactive ketones (excluding diaryl/α,β-unsaturated/α-hetero) is 1. The van der Waals surface area contributed by atoms with Crippen molar-refractivity contribution in [3.8, 4) is 0 Å². The first-order valence-corrected chi connectivity index (χ1v) is 6.23. The molecule has 1 aliphatic rings. The second-order valence-corrected chi connectivity index (χ2v) is 4.78. The topological polar surface area (TPSA) is 39.2 Å². The number of nitrogens with zero attached hydrogens (tertiary/aromatic N) is 1. The van der Waals surface area contributed by atoms with Crippen LogP contribution in [0.5, 0.6) is 0 Å². The molecule has 1 atom stereocenters. The Labute approximate surface area is 106 Å². The zero-order valence-corrected chi connectivity index (χ0v) is 10.3. The predicted molar refractivity (Wildman–Crippen MR) is 69.7 cm³/mol. The largest absolute Gasteiger partial charge is 0.381 e. The van der Waals surface area contributed by atoms with E-state index >= 15 is 0 Å². The molecule has 0 saturated carbocycles. The third-order valence-corrected chi connectivity index (χ3v) is 3.41. The fourth-order valence-corrected chi connectivity index (χ4v) is 2.36. The molecule has 2 heterocycles. The highest BCUT2D eigenvalue weighted by Gasteiger charge is 2.24. The Balaban J connectivity index is 1.97. The van der Waals surface area contributed by atoms with Crippen molar-refractivity contribution in [2.75, 3.05) is 13.2 Å². The maximum atomic E-state index is 12.3. The Morgan fingerprint density at radius 1 is 1.33 bits per heavy atom. The van der Waals surface area contributed by atoms with Crippen LogP contribution in [-0.2, 0) is 4.74 Å². The standard InChI is InChI=1S/C15H15NO2/c1-10-2-3-11-8-12(4-5-14(11)16-10)15(17)13-6-7-18-9-13/h2-5,8,13H,6-7,9H2,1H3. The monoisotopic (exact) mass is 241 g/mol. The molecule has 18 heavy (non-hydrogen) atoms. The maximum Gasteiger partial charge on any atom is 0.168 e. The number of pyridine rings is 1. The number of aryl methyl sites for hydroxylation is 1. The van der Waals surface area contributed by atoms with Crippen molar-refractivity contribution >= 4 is 16.7 Å². The molecule has 2 aromatic rings. The summed E-state index contributed by atoms with van der Waals surface area (Å²) >= 11 is 0. The molecule has 1 aromatic carbocycles. The van der Waals surface area contributed by atoms with E-state index in [2.05, 4.69) is 4.98 Å². The van der Waals surface area contributed by atoms with Crippen LogP contribution < -0.4 is 0 Å². The smallest absolute Gasteiger partial charge is 0.168 e. The van der Waals surface area contributed by atoms with E-state index < -0.39 is 0 Å². The van der Waals surface area contributed by atoms with Gasteiger partial charge in [0.15, 0.2) is 5.78 Å². The predicted octanol–water partition coefficient (Wildman–Crippen LogP) is 2.76. The third kappa shape index (κ3) is 2.02. The number of carbonyl (C=O) groups excluding carboxylic acids is 1. The minimum absolute atomic E-state index is 0.0286. The third-order valence-electron chi connectivity index (χ3n) is 3.41. The summed E-state index contributed by atoms with van der Waals surface area (Å²) in [4.78, 5) is 16.7. The number of rotatable bonds is 2. The van der Waals surface area contributed by atoms with Gasteiger partial charge in [-0.15, -0.1) is 0 Å². The number of hydrogen-bond donors (Lipinski definition) is 0. The van der Waals surface area contributed by atoms with E-state index in [1.165, 1.54) is 0 Å². The van der Waals surface area contributed by atoms with Crippen LogP contribution in [0.25, 0.3) is 10.9 Å². The van der Waals surface area contributed by atoms with Crippen molar-refractivity contribution in [1.82, 2.24) is 4.98 Å². The van der Waals surface area contributed by atoms with Gasteiger partial charge < -0.3 is 4.74 Å². The highest BCUT2D eigenvalue weighted by atomic mass is 16.5.